The maximum Gasteiger partial charge on any atom is 0.421 e. The second-order valence-corrected chi connectivity index (χ2v) is 11.6. The van der Waals surface area contributed by atoms with E-state index in [0.29, 0.717) is 23.0 Å². The van der Waals surface area contributed by atoms with Gasteiger partial charge >= 0.3 is 6.18 Å². The lowest BCUT2D eigenvalue weighted by molar-refractivity contribution is -0.137. The van der Waals surface area contributed by atoms with Gasteiger partial charge in [0.15, 0.2) is 5.15 Å². The molecule has 0 radical (unpaired) electrons. The Balaban J connectivity index is 2.01. The minimum atomic E-state index is -4.59. The Kier molecular flexibility index (Phi) is 7.14. The maximum absolute atomic E-state index is 13.7. The predicted octanol–water partition coefficient (Wildman–Crippen LogP) is -2.27. The van der Waals surface area contributed by atoms with Crippen LogP contribution in [0.2, 0.25) is 10.3 Å². The number of halogens is 4. The van der Waals surface area contributed by atoms with Crippen LogP contribution < -0.4 is 10.6 Å². The van der Waals surface area contributed by atoms with Crippen LogP contribution in [0.15, 0.2) is 6.20 Å². The van der Waals surface area contributed by atoms with Crippen LogP contribution in [-0.4, -0.2) is 91.2 Å². The Labute approximate surface area is 211 Å². The number of alkyl halides is 3. The zero-order valence-electron chi connectivity index (χ0n) is 20.3. The number of carbonyl (C=O) groups excluding carboxylic acids is 1. The van der Waals surface area contributed by atoms with Crippen LogP contribution in [0.4, 0.5) is 29.9 Å². The molecular weight excluding hydrogens is 482 g/mol. The number of nitrogens with one attached hydrogen (secondary N) is 2. The first kappa shape index (κ1) is 26.8. The second-order valence-electron chi connectivity index (χ2n) is 10.3. The molecule has 1 fully saturated rings. The number of nitrogens with zero attached hydrogens (tertiary/aromatic N) is 4. The van der Waals surface area contributed by atoms with Crippen molar-refractivity contribution in [1.29, 1.82) is 0 Å². The molecule has 3 rings (SSSR count). The van der Waals surface area contributed by atoms with Crippen molar-refractivity contribution in [1.82, 2.24) is 19.9 Å². The van der Waals surface area contributed by atoms with Gasteiger partial charge in [0.1, 0.15) is 44.9 Å². The van der Waals surface area contributed by atoms with Crippen molar-refractivity contribution in [3.63, 3.8) is 0 Å². The highest BCUT2D eigenvalue weighted by Gasteiger charge is 2.58. The third kappa shape index (κ3) is 4.82. The third-order valence-electron chi connectivity index (χ3n) is 6.03. The van der Waals surface area contributed by atoms with Gasteiger partial charge in [-0.25, -0.2) is 9.97 Å². The Hall–Kier alpha value is -1.75. The molecule has 0 unspecified atom stereocenters. The van der Waals surface area contributed by atoms with Gasteiger partial charge in [-0.1, -0.05) is 28.1 Å². The summed E-state index contributed by atoms with van der Waals surface area (Å²) in [6.07, 6.45) is -3.29. The molecule has 1 aliphatic heterocycles. The lowest BCUT2D eigenvalue weighted by Gasteiger charge is -2.41. The first-order valence-electron chi connectivity index (χ1n) is 11.0. The molecule has 1 atom stereocenters. The van der Waals surface area contributed by atoms with Gasteiger partial charge in [0, 0.05) is 19.3 Å². The molecule has 0 aromatic carbocycles. The molecule has 0 saturated carbocycles. The molecule has 0 aliphatic carbocycles. The average molecular weight is 506 g/mol. The summed E-state index contributed by atoms with van der Waals surface area (Å²) in [6.45, 7) is 2.52. The van der Waals surface area contributed by atoms with E-state index in [4.69, 9.17) is 11.6 Å². The van der Waals surface area contributed by atoms with Crippen LogP contribution in [0.1, 0.15) is 23.9 Å². The van der Waals surface area contributed by atoms with Gasteiger partial charge in [-0.3, -0.25) is 4.79 Å². The summed E-state index contributed by atoms with van der Waals surface area (Å²) in [7, 11) is 12.0. The van der Waals surface area contributed by atoms with Crippen molar-refractivity contribution in [3.05, 3.63) is 21.9 Å². The molecule has 0 bridgehead atoms. The van der Waals surface area contributed by atoms with Crippen LogP contribution in [0.5, 0.6) is 0 Å². The number of hydrogen-bond donors (Lipinski definition) is 2. The minimum absolute atomic E-state index is 0.00956. The highest BCUT2D eigenvalue weighted by atomic mass is 35.5. The van der Waals surface area contributed by atoms with Gasteiger partial charge < -0.3 is 15.5 Å². The molecule has 7 nitrogen and oxygen atoms in total. The second kappa shape index (κ2) is 9.04. The molecule has 0 spiro atoms. The van der Waals surface area contributed by atoms with E-state index in [0.717, 1.165) is 6.20 Å². The SMILES string of the molecule is BC(B)(B)N1CC[C@@](c2nc(Cl)c(Nc3ncc(C(F)(F)F)c(NCC)n3)s2)(C(B)(B)B)C1=O. The van der Waals surface area contributed by atoms with Gasteiger partial charge in [0.05, 0.1) is 29.0 Å². The summed E-state index contributed by atoms with van der Waals surface area (Å²) in [5, 5.41) is 5.74. The lowest BCUT2D eigenvalue weighted by Crippen LogP contribution is -2.56. The highest BCUT2D eigenvalue weighted by molar-refractivity contribution is 7.16. The standard InChI is InChI=1S/C16H24B6ClF3N6OS/c1-2-27-8-6(14(24,25)26)5-28-12(30-8)31-9-7(23)29-10(34-9)13(15(17,18)19)3-4-32(11(13)33)16(20,21)22/h5H,2-4,17-22H2,1H3,(H2,27,28,30,31)/t13-/m0/s1. The number of anilines is 3. The van der Waals surface area contributed by atoms with Gasteiger partial charge in [-0.05, 0) is 18.6 Å². The summed E-state index contributed by atoms with van der Waals surface area (Å²) in [5.41, 5.74) is -1.84. The molecule has 2 aromatic heterocycles. The number of hydrogen-bond acceptors (Lipinski definition) is 7. The number of rotatable bonds is 7. The molecular formula is C16H24B6ClF3N6OS. The Morgan fingerprint density at radius 2 is 1.85 bits per heavy atom. The number of carbonyl (C=O) groups is 1. The first-order chi connectivity index (χ1) is 15.5. The number of thiazole rings is 1. The fourth-order valence-corrected chi connectivity index (χ4v) is 5.76. The zero-order valence-corrected chi connectivity index (χ0v) is 21.9. The Morgan fingerprint density at radius 1 is 1.21 bits per heavy atom. The Morgan fingerprint density at radius 3 is 2.35 bits per heavy atom. The third-order valence-corrected chi connectivity index (χ3v) is 7.54. The van der Waals surface area contributed by atoms with Crippen molar-refractivity contribution in [3.8, 4) is 0 Å². The number of aromatic nitrogens is 3. The van der Waals surface area contributed by atoms with E-state index >= 15 is 0 Å². The minimum Gasteiger partial charge on any atom is -0.370 e. The number of amides is 1. The molecule has 18 heteroatoms. The largest absolute Gasteiger partial charge is 0.421 e. The normalized spacial score (nSPS) is 19.4. The van der Waals surface area contributed by atoms with E-state index in [1.54, 1.807) is 6.92 Å². The van der Waals surface area contributed by atoms with Crippen molar-refractivity contribution in [2.24, 2.45) is 0 Å². The molecule has 1 saturated heterocycles. The van der Waals surface area contributed by atoms with Crippen LogP contribution in [0, 0.1) is 0 Å². The lowest BCUT2D eigenvalue weighted by atomic mass is 9.32. The van der Waals surface area contributed by atoms with Gasteiger partial charge in [0.25, 0.3) is 0 Å². The maximum atomic E-state index is 13.7. The highest BCUT2D eigenvalue weighted by Crippen LogP contribution is 2.52. The van der Waals surface area contributed by atoms with Crippen LogP contribution >= 0.6 is 22.9 Å². The molecule has 176 valence electrons. The fraction of sp³-hybridized carbons (Fsp3) is 0.500. The predicted molar refractivity (Wildman–Crippen MR) is 146 cm³/mol. The topological polar surface area (TPSA) is 83.0 Å². The quantitative estimate of drug-likeness (QED) is 0.413. The van der Waals surface area contributed by atoms with Crippen molar-refractivity contribution < 1.29 is 18.0 Å². The van der Waals surface area contributed by atoms with E-state index < -0.39 is 22.3 Å². The van der Waals surface area contributed by atoms with Crippen molar-refractivity contribution in [2.75, 3.05) is 23.7 Å². The van der Waals surface area contributed by atoms with Gasteiger partial charge in [0.2, 0.25) is 11.9 Å². The van der Waals surface area contributed by atoms with Crippen molar-refractivity contribution >= 4 is 92.7 Å². The van der Waals surface area contributed by atoms with E-state index in [1.807, 2.05) is 52.0 Å². The van der Waals surface area contributed by atoms with E-state index in [2.05, 4.69) is 25.6 Å². The summed E-state index contributed by atoms with van der Waals surface area (Å²) in [4.78, 5) is 27.9. The smallest absolute Gasteiger partial charge is 0.370 e. The van der Waals surface area contributed by atoms with Gasteiger partial charge in [-0.2, -0.15) is 18.2 Å². The molecule has 1 aliphatic rings. The van der Waals surface area contributed by atoms with E-state index in [1.165, 1.54) is 11.3 Å². The van der Waals surface area contributed by atoms with Gasteiger partial charge in [-0.15, -0.1) is 0 Å². The van der Waals surface area contributed by atoms with Crippen molar-refractivity contribution in [2.45, 2.75) is 35.3 Å². The van der Waals surface area contributed by atoms with E-state index in [-0.39, 0.29) is 34.6 Å². The number of likely N-dealkylation sites (tertiary alicyclic amines) is 1. The summed E-state index contributed by atoms with van der Waals surface area (Å²) >= 11 is 7.62. The Bertz CT molecular complexity index is 1090. The molecule has 1 amide bonds. The molecule has 3 heterocycles. The molecule has 34 heavy (non-hydrogen) atoms. The molecule has 2 N–H and O–H groups in total. The zero-order chi connectivity index (χ0) is 25.7. The van der Waals surface area contributed by atoms with Crippen LogP contribution in [0.25, 0.3) is 0 Å². The monoisotopic (exact) mass is 506 g/mol. The van der Waals surface area contributed by atoms with Crippen LogP contribution in [-0.2, 0) is 16.4 Å². The summed E-state index contributed by atoms with van der Waals surface area (Å²) in [5.74, 6) is -0.393. The van der Waals surface area contributed by atoms with Crippen LogP contribution in [0.3, 0.4) is 0 Å². The first-order valence-corrected chi connectivity index (χ1v) is 12.2. The van der Waals surface area contributed by atoms with E-state index in [9.17, 15) is 18.0 Å². The summed E-state index contributed by atoms with van der Waals surface area (Å²) in [6, 6.07) is 0. The fourth-order valence-electron chi connectivity index (χ4n) is 4.19. The summed E-state index contributed by atoms with van der Waals surface area (Å²) < 4.78 is 39.8. The molecule has 2 aromatic rings. The average Bonchev–Trinajstić information content (AvgIpc) is 3.21.